The topological polar surface area (TPSA) is 56.2 Å². The fraction of sp³-hybridized carbons (Fsp3) is 0.538. The van der Waals surface area contributed by atoms with E-state index in [1.807, 2.05) is 29.2 Å². The Labute approximate surface area is 107 Å². The van der Waals surface area contributed by atoms with Gasteiger partial charge in [0.05, 0.1) is 6.20 Å². The quantitative estimate of drug-likeness (QED) is 0.884. The van der Waals surface area contributed by atoms with Crippen molar-refractivity contribution < 1.29 is 9.53 Å². The second kappa shape index (κ2) is 6.35. The molecule has 98 valence electrons. The summed E-state index contributed by atoms with van der Waals surface area (Å²) in [6.07, 6.45) is 11.1. The van der Waals surface area contributed by atoms with Gasteiger partial charge in [-0.05, 0) is 19.3 Å². The zero-order valence-corrected chi connectivity index (χ0v) is 10.6. The molecule has 1 aliphatic rings. The third kappa shape index (κ3) is 3.70. The van der Waals surface area contributed by atoms with E-state index in [-0.39, 0.29) is 12.1 Å². The van der Waals surface area contributed by atoms with Crippen molar-refractivity contribution in [2.45, 2.75) is 32.4 Å². The summed E-state index contributed by atoms with van der Waals surface area (Å²) in [6.45, 7) is 2.87. The van der Waals surface area contributed by atoms with Crippen LogP contribution in [-0.4, -0.2) is 28.8 Å². The maximum absolute atomic E-state index is 10.7. The smallest absolute Gasteiger partial charge is 0.217 e. The summed E-state index contributed by atoms with van der Waals surface area (Å²) >= 11 is 0. The first-order valence-electron chi connectivity index (χ1n) is 6.32. The summed E-state index contributed by atoms with van der Waals surface area (Å²) in [5, 5.41) is 7.02. The molecule has 5 heteroatoms. The van der Waals surface area contributed by atoms with Gasteiger partial charge in [0.25, 0.3) is 0 Å². The van der Waals surface area contributed by atoms with Gasteiger partial charge in [-0.15, -0.1) is 0 Å². The minimum atomic E-state index is -0.0223. The van der Waals surface area contributed by atoms with Crippen molar-refractivity contribution in [1.82, 2.24) is 15.1 Å². The molecule has 2 rings (SSSR count). The first kappa shape index (κ1) is 12.8. The van der Waals surface area contributed by atoms with Crippen molar-refractivity contribution in [3.05, 3.63) is 24.0 Å². The number of carbonyl (C=O) groups is 1. The molecule has 1 N–H and O–H groups in total. The molecule has 0 aliphatic carbocycles. The first-order chi connectivity index (χ1) is 8.75. The molecule has 0 bridgehead atoms. The van der Waals surface area contributed by atoms with E-state index in [0.29, 0.717) is 6.54 Å². The highest BCUT2D eigenvalue weighted by molar-refractivity contribution is 5.73. The van der Waals surface area contributed by atoms with Gasteiger partial charge in [0.1, 0.15) is 6.23 Å². The summed E-state index contributed by atoms with van der Waals surface area (Å²) in [4.78, 5) is 10.7. The van der Waals surface area contributed by atoms with Gasteiger partial charge < -0.3 is 10.1 Å². The fourth-order valence-corrected chi connectivity index (χ4v) is 1.93. The van der Waals surface area contributed by atoms with E-state index in [1.165, 1.54) is 13.3 Å². The number of carbonyl (C=O) groups excluding carboxylic acids is 1. The van der Waals surface area contributed by atoms with E-state index in [2.05, 4.69) is 10.4 Å². The van der Waals surface area contributed by atoms with E-state index in [1.54, 1.807) is 0 Å². The monoisotopic (exact) mass is 249 g/mol. The molecular weight excluding hydrogens is 230 g/mol. The van der Waals surface area contributed by atoms with Gasteiger partial charge in [-0.1, -0.05) is 12.2 Å². The minimum absolute atomic E-state index is 0.0223. The van der Waals surface area contributed by atoms with Crippen molar-refractivity contribution in [1.29, 1.82) is 0 Å². The van der Waals surface area contributed by atoms with Crippen LogP contribution < -0.4 is 5.32 Å². The Bertz CT molecular complexity index is 420. The van der Waals surface area contributed by atoms with Crippen LogP contribution in [0.15, 0.2) is 18.5 Å². The van der Waals surface area contributed by atoms with E-state index in [9.17, 15) is 4.79 Å². The van der Waals surface area contributed by atoms with Crippen molar-refractivity contribution in [3.8, 4) is 0 Å². The molecule has 1 atom stereocenters. The molecule has 0 radical (unpaired) electrons. The predicted molar refractivity (Wildman–Crippen MR) is 68.8 cm³/mol. The zero-order chi connectivity index (χ0) is 12.8. The van der Waals surface area contributed by atoms with Gasteiger partial charge in [0, 0.05) is 31.8 Å². The summed E-state index contributed by atoms with van der Waals surface area (Å²) in [6, 6.07) is 0. The highest BCUT2D eigenvalue weighted by atomic mass is 16.5. The third-order valence-corrected chi connectivity index (χ3v) is 2.85. The van der Waals surface area contributed by atoms with Crippen molar-refractivity contribution >= 4 is 12.0 Å². The molecule has 0 spiro atoms. The van der Waals surface area contributed by atoms with E-state index < -0.39 is 0 Å². The molecule has 1 saturated heterocycles. The van der Waals surface area contributed by atoms with Crippen LogP contribution >= 0.6 is 0 Å². The summed E-state index contributed by atoms with van der Waals surface area (Å²) in [7, 11) is 0. The normalized spacial score (nSPS) is 20.2. The molecule has 0 unspecified atom stereocenters. The van der Waals surface area contributed by atoms with Crippen LogP contribution in [0.3, 0.4) is 0 Å². The molecule has 0 saturated carbocycles. The zero-order valence-electron chi connectivity index (χ0n) is 10.6. The molecule has 1 aromatic rings. The molecule has 5 nitrogen and oxygen atoms in total. The van der Waals surface area contributed by atoms with Crippen LogP contribution in [0.25, 0.3) is 6.08 Å². The van der Waals surface area contributed by atoms with Crippen LogP contribution in [-0.2, 0) is 9.53 Å². The number of aromatic nitrogens is 2. The van der Waals surface area contributed by atoms with Gasteiger partial charge in [0.15, 0.2) is 0 Å². The lowest BCUT2D eigenvalue weighted by Gasteiger charge is -2.22. The van der Waals surface area contributed by atoms with E-state index in [4.69, 9.17) is 4.74 Å². The number of nitrogens with one attached hydrogen (secondary N) is 1. The number of hydrogen-bond acceptors (Lipinski definition) is 3. The van der Waals surface area contributed by atoms with Crippen LogP contribution in [0, 0.1) is 0 Å². The number of nitrogens with zero attached hydrogens (tertiary/aromatic N) is 2. The predicted octanol–water partition coefficient (Wildman–Crippen LogP) is 1.73. The molecular formula is C13H19N3O2. The standard InChI is InChI=1S/C13H19N3O2/c1-11(17)14-7-4-5-12-9-15-16(10-12)13-6-2-3-8-18-13/h4-5,9-10,13H,2-3,6-8H2,1H3,(H,14,17)/t13-/m0/s1. The highest BCUT2D eigenvalue weighted by Gasteiger charge is 2.15. The lowest BCUT2D eigenvalue weighted by atomic mass is 10.2. The minimum Gasteiger partial charge on any atom is -0.357 e. The molecule has 1 aliphatic heterocycles. The molecule has 1 fully saturated rings. The van der Waals surface area contributed by atoms with E-state index >= 15 is 0 Å². The number of rotatable bonds is 4. The van der Waals surface area contributed by atoms with Crippen LogP contribution in [0.2, 0.25) is 0 Å². The van der Waals surface area contributed by atoms with Gasteiger partial charge >= 0.3 is 0 Å². The van der Waals surface area contributed by atoms with Gasteiger partial charge in [-0.3, -0.25) is 4.79 Å². The van der Waals surface area contributed by atoms with Crippen LogP contribution in [0.5, 0.6) is 0 Å². The maximum atomic E-state index is 10.7. The molecule has 18 heavy (non-hydrogen) atoms. The number of amides is 1. The van der Waals surface area contributed by atoms with Crippen molar-refractivity contribution in [2.24, 2.45) is 0 Å². The van der Waals surface area contributed by atoms with Crippen LogP contribution in [0.4, 0.5) is 0 Å². The average molecular weight is 249 g/mol. The molecule has 1 amide bonds. The van der Waals surface area contributed by atoms with Gasteiger partial charge in [-0.25, -0.2) is 4.68 Å². The van der Waals surface area contributed by atoms with E-state index in [0.717, 1.165) is 25.0 Å². The van der Waals surface area contributed by atoms with Gasteiger partial charge in [0.2, 0.25) is 5.91 Å². The van der Waals surface area contributed by atoms with Crippen molar-refractivity contribution in [3.63, 3.8) is 0 Å². The number of hydrogen-bond donors (Lipinski definition) is 1. The Balaban J connectivity index is 1.87. The second-order valence-electron chi connectivity index (χ2n) is 4.41. The SMILES string of the molecule is CC(=O)NCC=Cc1cnn([C@@H]2CCCCO2)c1. The summed E-state index contributed by atoms with van der Waals surface area (Å²) in [5.74, 6) is -0.0223. The second-order valence-corrected chi connectivity index (χ2v) is 4.41. The number of ether oxygens (including phenoxy) is 1. The summed E-state index contributed by atoms with van der Waals surface area (Å²) < 4.78 is 7.53. The Hall–Kier alpha value is -1.62. The van der Waals surface area contributed by atoms with Crippen molar-refractivity contribution in [2.75, 3.05) is 13.2 Å². The first-order valence-corrected chi connectivity index (χ1v) is 6.32. The largest absolute Gasteiger partial charge is 0.357 e. The lowest BCUT2D eigenvalue weighted by molar-refractivity contribution is -0.118. The Morgan fingerprint density at radius 3 is 3.28 bits per heavy atom. The Morgan fingerprint density at radius 1 is 1.67 bits per heavy atom. The maximum Gasteiger partial charge on any atom is 0.217 e. The molecule has 2 heterocycles. The lowest BCUT2D eigenvalue weighted by Crippen LogP contribution is -2.19. The van der Waals surface area contributed by atoms with Crippen LogP contribution in [0.1, 0.15) is 38.0 Å². The molecule has 0 aromatic carbocycles. The Morgan fingerprint density at radius 2 is 2.56 bits per heavy atom. The Kier molecular flexibility index (Phi) is 4.52. The highest BCUT2D eigenvalue weighted by Crippen LogP contribution is 2.21. The third-order valence-electron chi connectivity index (χ3n) is 2.85. The molecule has 1 aromatic heterocycles. The fourth-order valence-electron chi connectivity index (χ4n) is 1.93. The average Bonchev–Trinajstić information content (AvgIpc) is 2.84. The van der Waals surface area contributed by atoms with Gasteiger partial charge in [-0.2, -0.15) is 5.10 Å². The summed E-state index contributed by atoms with van der Waals surface area (Å²) in [5.41, 5.74) is 1.02.